The van der Waals surface area contributed by atoms with Gasteiger partial charge in [0.05, 0.1) is 0 Å². The molecule has 1 amide bonds. The Bertz CT molecular complexity index is 421. The van der Waals surface area contributed by atoms with Crippen molar-refractivity contribution in [3.63, 3.8) is 0 Å². The highest BCUT2D eigenvalue weighted by Crippen LogP contribution is 2.24. The van der Waals surface area contributed by atoms with Crippen LogP contribution in [0.3, 0.4) is 0 Å². The molecule has 1 aromatic carbocycles. The molecule has 0 fully saturated rings. The first-order valence-corrected chi connectivity index (χ1v) is 5.41. The molecule has 90 valence electrons. The van der Waals surface area contributed by atoms with E-state index in [1.807, 2.05) is 12.1 Å². The summed E-state index contributed by atoms with van der Waals surface area (Å²) >= 11 is 0. The fourth-order valence-corrected chi connectivity index (χ4v) is 1.45. The SMILES string of the molecule is CC(C)(CCc1ccc(C=O)cc1)C(=O)N=O. The van der Waals surface area contributed by atoms with Crippen molar-refractivity contribution in [1.82, 2.24) is 0 Å². The van der Waals surface area contributed by atoms with Crippen LogP contribution in [0.15, 0.2) is 29.4 Å². The second kappa shape index (κ2) is 5.48. The maximum absolute atomic E-state index is 11.2. The molecule has 0 radical (unpaired) electrons. The molecule has 0 saturated carbocycles. The maximum atomic E-state index is 11.2. The van der Waals surface area contributed by atoms with Crippen LogP contribution < -0.4 is 0 Å². The number of hydrogen-bond donors (Lipinski definition) is 0. The molecule has 0 N–H and O–H groups in total. The highest BCUT2D eigenvalue weighted by Gasteiger charge is 2.28. The van der Waals surface area contributed by atoms with E-state index in [1.165, 1.54) is 0 Å². The third kappa shape index (κ3) is 3.59. The number of amides is 1. The van der Waals surface area contributed by atoms with Crippen molar-refractivity contribution in [1.29, 1.82) is 0 Å². The van der Waals surface area contributed by atoms with Crippen molar-refractivity contribution in [2.75, 3.05) is 0 Å². The summed E-state index contributed by atoms with van der Waals surface area (Å²) in [5.74, 6) is -0.623. The standard InChI is InChI=1S/C13H15NO3/c1-13(2,12(16)14-17)8-7-10-3-5-11(9-15)6-4-10/h3-6,9H,7-8H2,1-2H3. The van der Waals surface area contributed by atoms with Gasteiger partial charge in [-0.3, -0.25) is 9.59 Å². The monoisotopic (exact) mass is 233 g/mol. The Morgan fingerprint density at radius 2 is 1.88 bits per heavy atom. The number of carbonyl (C=O) groups excluding carboxylic acids is 2. The van der Waals surface area contributed by atoms with Crippen molar-refractivity contribution < 1.29 is 9.59 Å². The molecule has 0 aromatic heterocycles. The predicted octanol–water partition coefficient (Wildman–Crippen LogP) is 2.75. The van der Waals surface area contributed by atoms with Gasteiger partial charge in [-0.1, -0.05) is 38.1 Å². The number of nitroso groups, excluding NO2 is 1. The largest absolute Gasteiger partial charge is 0.298 e. The molecule has 17 heavy (non-hydrogen) atoms. The molecule has 0 bridgehead atoms. The summed E-state index contributed by atoms with van der Waals surface area (Å²) in [5, 5.41) is 2.46. The Morgan fingerprint density at radius 1 is 1.29 bits per heavy atom. The van der Waals surface area contributed by atoms with E-state index in [-0.39, 0.29) is 0 Å². The normalized spacial score (nSPS) is 10.9. The van der Waals surface area contributed by atoms with Gasteiger partial charge in [-0.15, -0.1) is 4.91 Å². The predicted molar refractivity (Wildman–Crippen MR) is 64.7 cm³/mol. The highest BCUT2D eigenvalue weighted by molar-refractivity contribution is 5.82. The Hall–Kier alpha value is -1.84. The molecule has 0 unspecified atom stereocenters. The van der Waals surface area contributed by atoms with Crippen LogP contribution >= 0.6 is 0 Å². The third-order valence-corrected chi connectivity index (χ3v) is 2.82. The van der Waals surface area contributed by atoms with Crippen LogP contribution in [0.5, 0.6) is 0 Å². The van der Waals surface area contributed by atoms with Crippen LogP contribution in [0.4, 0.5) is 0 Å². The molecule has 0 aliphatic heterocycles. The Balaban J connectivity index is 2.63. The third-order valence-electron chi connectivity index (χ3n) is 2.82. The minimum absolute atomic E-state index is 0.554. The second-order valence-electron chi connectivity index (χ2n) is 4.64. The first-order valence-electron chi connectivity index (χ1n) is 5.41. The molecule has 0 aliphatic rings. The first-order chi connectivity index (χ1) is 7.99. The summed E-state index contributed by atoms with van der Waals surface area (Å²) in [6.07, 6.45) is 2.01. The van der Waals surface area contributed by atoms with Crippen LogP contribution in [0.1, 0.15) is 36.2 Å². The zero-order chi connectivity index (χ0) is 12.9. The fraction of sp³-hybridized carbons (Fsp3) is 0.385. The maximum Gasteiger partial charge on any atom is 0.291 e. The van der Waals surface area contributed by atoms with E-state index < -0.39 is 11.3 Å². The van der Waals surface area contributed by atoms with Crippen LogP contribution in [-0.2, 0) is 11.2 Å². The van der Waals surface area contributed by atoms with E-state index in [4.69, 9.17) is 0 Å². The van der Waals surface area contributed by atoms with Gasteiger partial charge in [0, 0.05) is 16.2 Å². The van der Waals surface area contributed by atoms with Crippen molar-refractivity contribution in [3.05, 3.63) is 40.3 Å². The van der Waals surface area contributed by atoms with Gasteiger partial charge in [-0.05, 0) is 18.4 Å². The van der Waals surface area contributed by atoms with Gasteiger partial charge in [0.25, 0.3) is 5.91 Å². The summed E-state index contributed by atoms with van der Waals surface area (Å²) in [6, 6.07) is 7.15. The van der Waals surface area contributed by atoms with Crippen molar-refractivity contribution >= 4 is 12.2 Å². The van der Waals surface area contributed by atoms with Crippen LogP contribution in [0.2, 0.25) is 0 Å². The zero-order valence-electron chi connectivity index (χ0n) is 9.97. The molecule has 4 nitrogen and oxygen atoms in total. The Morgan fingerprint density at radius 3 is 2.35 bits per heavy atom. The molecule has 0 spiro atoms. The Labute approximate surface area is 100 Å². The molecule has 0 heterocycles. The lowest BCUT2D eigenvalue weighted by molar-refractivity contribution is -0.126. The van der Waals surface area contributed by atoms with Crippen LogP contribution in [-0.4, -0.2) is 12.2 Å². The van der Waals surface area contributed by atoms with Gasteiger partial charge in [0.2, 0.25) is 0 Å². The molecule has 4 heteroatoms. The average molecular weight is 233 g/mol. The summed E-state index contributed by atoms with van der Waals surface area (Å²) in [5.41, 5.74) is 0.923. The van der Waals surface area contributed by atoms with Crippen molar-refractivity contribution in [2.24, 2.45) is 10.6 Å². The molecule has 0 saturated heterocycles. The van der Waals surface area contributed by atoms with E-state index in [1.54, 1.807) is 26.0 Å². The molecular formula is C13H15NO3. The van der Waals surface area contributed by atoms with E-state index in [2.05, 4.69) is 5.18 Å². The van der Waals surface area contributed by atoms with Gasteiger partial charge in [-0.2, -0.15) is 0 Å². The number of carbonyl (C=O) groups is 2. The van der Waals surface area contributed by atoms with Crippen LogP contribution in [0, 0.1) is 10.3 Å². The first kappa shape index (κ1) is 13.2. The smallest absolute Gasteiger partial charge is 0.291 e. The number of rotatable bonds is 5. The van der Waals surface area contributed by atoms with E-state index in [9.17, 15) is 14.5 Å². The quantitative estimate of drug-likeness (QED) is 0.580. The molecular weight excluding hydrogens is 218 g/mol. The lowest BCUT2D eigenvalue weighted by Gasteiger charge is -2.18. The summed E-state index contributed by atoms with van der Waals surface area (Å²) in [4.78, 5) is 31.9. The minimum atomic E-state index is -0.731. The van der Waals surface area contributed by atoms with Gasteiger partial charge in [0.1, 0.15) is 6.29 Å². The van der Waals surface area contributed by atoms with Crippen molar-refractivity contribution in [3.8, 4) is 0 Å². The van der Waals surface area contributed by atoms with Gasteiger partial charge < -0.3 is 0 Å². The number of aryl methyl sites for hydroxylation is 1. The molecule has 0 aliphatic carbocycles. The summed E-state index contributed by atoms with van der Waals surface area (Å²) < 4.78 is 0. The molecule has 1 rings (SSSR count). The highest BCUT2D eigenvalue weighted by atomic mass is 16.3. The summed E-state index contributed by atoms with van der Waals surface area (Å²) in [7, 11) is 0. The number of nitrogens with zero attached hydrogens (tertiary/aromatic N) is 1. The topological polar surface area (TPSA) is 63.6 Å². The number of benzene rings is 1. The number of hydrogen-bond acceptors (Lipinski definition) is 3. The van der Waals surface area contributed by atoms with E-state index in [0.29, 0.717) is 18.4 Å². The second-order valence-corrected chi connectivity index (χ2v) is 4.64. The summed E-state index contributed by atoms with van der Waals surface area (Å²) in [6.45, 7) is 3.41. The Kier molecular flexibility index (Phi) is 4.26. The lowest BCUT2D eigenvalue weighted by Crippen LogP contribution is -2.22. The molecule has 1 aromatic rings. The fourth-order valence-electron chi connectivity index (χ4n) is 1.45. The minimum Gasteiger partial charge on any atom is -0.298 e. The van der Waals surface area contributed by atoms with E-state index >= 15 is 0 Å². The van der Waals surface area contributed by atoms with Gasteiger partial charge in [0.15, 0.2) is 0 Å². The van der Waals surface area contributed by atoms with E-state index in [0.717, 1.165) is 11.8 Å². The molecule has 0 atom stereocenters. The van der Waals surface area contributed by atoms with Crippen molar-refractivity contribution in [2.45, 2.75) is 26.7 Å². The average Bonchev–Trinajstić information content (AvgIpc) is 2.36. The van der Waals surface area contributed by atoms with Gasteiger partial charge >= 0.3 is 0 Å². The zero-order valence-corrected chi connectivity index (χ0v) is 9.97. The number of aldehydes is 1. The van der Waals surface area contributed by atoms with Gasteiger partial charge in [-0.25, -0.2) is 0 Å². The lowest BCUT2D eigenvalue weighted by atomic mass is 9.85. The van der Waals surface area contributed by atoms with Crippen LogP contribution in [0.25, 0.3) is 0 Å².